The summed E-state index contributed by atoms with van der Waals surface area (Å²) in [4.78, 5) is 0. The minimum atomic E-state index is -1.04. The summed E-state index contributed by atoms with van der Waals surface area (Å²) in [6, 6.07) is 4.66. The Balaban J connectivity index is 2.50. The van der Waals surface area contributed by atoms with E-state index in [1.807, 2.05) is 0 Å². The van der Waals surface area contributed by atoms with E-state index in [1.54, 1.807) is 0 Å². The molecule has 2 aromatic rings. The molecule has 0 aliphatic rings. The molecule has 0 unspecified atom stereocenters. The molecule has 0 saturated heterocycles. The first-order chi connectivity index (χ1) is 9.02. The molecule has 0 fully saturated rings. The number of halogens is 4. The van der Waals surface area contributed by atoms with Crippen LogP contribution in [0.25, 0.3) is 0 Å². The van der Waals surface area contributed by atoms with Gasteiger partial charge in [0.25, 0.3) is 0 Å². The van der Waals surface area contributed by atoms with E-state index in [4.69, 9.17) is 5.84 Å². The molecule has 0 saturated carbocycles. The van der Waals surface area contributed by atoms with Gasteiger partial charge in [-0.3, -0.25) is 5.84 Å². The van der Waals surface area contributed by atoms with Crippen molar-refractivity contribution in [3.63, 3.8) is 0 Å². The van der Waals surface area contributed by atoms with Gasteiger partial charge in [-0.05, 0) is 12.1 Å². The Labute approximate surface area is 106 Å². The zero-order chi connectivity index (χ0) is 14.0. The Bertz CT molecular complexity index is 550. The van der Waals surface area contributed by atoms with Gasteiger partial charge in [-0.15, -0.1) is 0 Å². The lowest BCUT2D eigenvalue weighted by Gasteiger charge is -2.18. The van der Waals surface area contributed by atoms with Crippen LogP contribution >= 0.6 is 0 Å². The number of nitrogens with one attached hydrogen (secondary N) is 1. The molecule has 0 atom stereocenters. The summed E-state index contributed by atoms with van der Waals surface area (Å²) in [5.41, 5.74) is 2.16. The number of nitrogens with two attached hydrogens (primary N) is 1. The summed E-state index contributed by atoms with van der Waals surface area (Å²) in [6.07, 6.45) is 0. The standard InChI is InChI=1S/C13H10F4N2/c14-7-1-3-9(11(16)5-7)13(19-18)10-4-2-8(15)6-12(10)17/h1-6,13,19H,18H2. The van der Waals surface area contributed by atoms with Crippen LogP contribution in [0.5, 0.6) is 0 Å². The van der Waals surface area contributed by atoms with E-state index in [0.29, 0.717) is 12.1 Å². The fourth-order valence-electron chi connectivity index (χ4n) is 1.82. The highest BCUT2D eigenvalue weighted by Gasteiger charge is 2.20. The lowest BCUT2D eigenvalue weighted by molar-refractivity contribution is 0.515. The summed E-state index contributed by atoms with van der Waals surface area (Å²) in [6.45, 7) is 0. The number of hydrogen-bond acceptors (Lipinski definition) is 2. The summed E-state index contributed by atoms with van der Waals surface area (Å²) < 4.78 is 53.0. The topological polar surface area (TPSA) is 38.0 Å². The first kappa shape index (κ1) is 13.5. The van der Waals surface area contributed by atoms with Gasteiger partial charge < -0.3 is 0 Å². The van der Waals surface area contributed by atoms with E-state index in [1.165, 1.54) is 0 Å². The summed E-state index contributed by atoms with van der Waals surface area (Å²) in [5.74, 6) is 2.04. The minimum absolute atomic E-state index is 0.0330. The van der Waals surface area contributed by atoms with Crippen LogP contribution in [-0.2, 0) is 0 Å². The van der Waals surface area contributed by atoms with E-state index in [2.05, 4.69) is 5.43 Å². The van der Waals surface area contributed by atoms with Crippen LogP contribution in [0.1, 0.15) is 17.2 Å². The third-order valence-electron chi connectivity index (χ3n) is 2.71. The molecule has 2 nitrogen and oxygen atoms in total. The fourth-order valence-corrected chi connectivity index (χ4v) is 1.82. The van der Waals surface area contributed by atoms with Crippen LogP contribution in [0.3, 0.4) is 0 Å². The highest BCUT2D eigenvalue weighted by Crippen LogP contribution is 2.26. The molecule has 2 aromatic carbocycles. The number of hydrazine groups is 1. The zero-order valence-electron chi connectivity index (χ0n) is 9.63. The molecule has 0 aliphatic carbocycles. The maximum Gasteiger partial charge on any atom is 0.131 e. The molecular formula is C13H10F4N2. The van der Waals surface area contributed by atoms with Gasteiger partial charge in [0.2, 0.25) is 0 Å². The Hall–Kier alpha value is -1.92. The van der Waals surface area contributed by atoms with Crippen LogP contribution in [0.4, 0.5) is 17.6 Å². The molecule has 0 bridgehead atoms. The van der Waals surface area contributed by atoms with Crippen molar-refractivity contribution in [1.82, 2.24) is 5.43 Å². The van der Waals surface area contributed by atoms with Crippen molar-refractivity contribution in [2.24, 2.45) is 5.84 Å². The van der Waals surface area contributed by atoms with E-state index >= 15 is 0 Å². The monoisotopic (exact) mass is 270 g/mol. The van der Waals surface area contributed by atoms with E-state index in [0.717, 1.165) is 24.3 Å². The van der Waals surface area contributed by atoms with Crippen molar-refractivity contribution in [3.05, 3.63) is 70.8 Å². The zero-order valence-corrected chi connectivity index (χ0v) is 9.63. The molecule has 0 amide bonds. The maximum atomic E-state index is 13.7. The first-order valence-electron chi connectivity index (χ1n) is 5.39. The Kier molecular flexibility index (Phi) is 3.82. The van der Waals surface area contributed by atoms with Crippen molar-refractivity contribution in [2.75, 3.05) is 0 Å². The molecule has 100 valence electrons. The van der Waals surface area contributed by atoms with E-state index < -0.39 is 29.3 Å². The van der Waals surface area contributed by atoms with Crippen molar-refractivity contribution < 1.29 is 17.6 Å². The first-order valence-corrected chi connectivity index (χ1v) is 5.39. The lowest BCUT2D eigenvalue weighted by atomic mass is 9.98. The van der Waals surface area contributed by atoms with Crippen LogP contribution in [-0.4, -0.2) is 0 Å². The third kappa shape index (κ3) is 2.74. The number of benzene rings is 2. The second kappa shape index (κ2) is 5.38. The summed E-state index contributed by atoms with van der Waals surface area (Å²) >= 11 is 0. The average Bonchev–Trinajstić information content (AvgIpc) is 2.34. The number of rotatable bonds is 3. The third-order valence-corrected chi connectivity index (χ3v) is 2.71. The van der Waals surface area contributed by atoms with Gasteiger partial charge >= 0.3 is 0 Å². The molecule has 6 heteroatoms. The molecule has 3 N–H and O–H groups in total. The normalized spacial score (nSPS) is 11.1. The molecular weight excluding hydrogens is 260 g/mol. The highest BCUT2D eigenvalue weighted by molar-refractivity contribution is 5.33. The molecule has 0 spiro atoms. The summed E-state index contributed by atoms with van der Waals surface area (Å²) in [5, 5.41) is 0. The fraction of sp³-hybridized carbons (Fsp3) is 0.0769. The summed E-state index contributed by atoms with van der Waals surface area (Å²) in [7, 11) is 0. The average molecular weight is 270 g/mol. The van der Waals surface area contributed by atoms with Gasteiger partial charge in [0.05, 0.1) is 6.04 Å². The van der Waals surface area contributed by atoms with Crippen LogP contribution in [0.15, 0.2) is 36.4 Å². The molecule has 0 aliphatic heterocycles. The largest absolute Gasteiger partial charge is 0.271 e. The van der Waals surface area contributed by atoms with Gasteiger partial charge in [-0.1, -0.05) is 12.1 Å². The van der Waals surface area contributed by atoms with Gasteiger partial charge in [-0.25, -0.2) is 23.0 Å². The second-order valence-corrected chi connectivity index (χ2v) is 3.93. The Morgan fingerprint density at radius 1 is 0.789 bits per heavy atom. The number of hydrogen-bond donors (Lipinski definition) is 2. The Morgan fingerprint density at radius 2 is 1.21 bits per heavy atom. The maximum absolute atomic E-state index is 13.7. The van der Waals surface area contributed by atoms with Crippen molar-refractivity contribution >= 4 is 0 Å². The van der Waals surface area contributed by atoms with Crippen LogP contribution in [0.2, 0.25) is 0 Å². The van der Waals surface area contributed by atoms with Gasteiger partial charge in [0.15, 0.2) is 0 Å². The van der Waals surface area contributed by atoms with Crippen molar-refractivity contribution in [3.8, 4) is 0 Å². The minimum Gasteiger partial charge on any atom is -0.271 e. The molecule has 0 radical (unpaired) electrons. The van der Waals surface area contributed by atoms with Gasteiger partial charge in [-0.2, -0.15) is 0 Å². The predicted molar refractivity (Wildman–Crippen MR) is 61.9 cm³/mol. The van der Waals surface area contributed by atoms with Gasteiger partial charge in [0.1, 0.15) is 23.3 Å². The van der Waals surface area contributed by atoms with Crippen molar-refractivity contribution in [2.45, 2.75) is 6.04 Å². The molecule has 19 heavy (non-hydrogen) atoms. The highest BCUT2D eigenvalue weighted by atomic mass is 19.1. The second-order valence-electron chi connectivity index (χ2n) is 3.93. The lowest BCUT2D eigenvalue weighted by Crippen LogP contribution is -2.30. The van der Waals surface area contributed by atoms with E-state index in [-0.39, 0.29) is 11.1 Å². The van der Waals surface area contributed by atoms with Crippen LogP contribution in [0, 0.1) is 23.3 Å². The molecule has 2 rings (SSSR count). The van der Waals surface area contributed by atoms with Gasteiger partial charge in [0, 0.05) is 23.3 Å². The predicted octanol–water partition coefficient (Wildman–Crippen LogP) is 2.80. The quantitative estimate of drug-likeness (QED) is 0.511. The van der Waals surface area contributed by atoms with E-state index in [9.17, 15) is 17.6 Å². The van der Waals surface area contributed by atoms with Crippen molar-refractivity contribution in [1.29, 1.82) is 0 Å². The van der Waals surface area contributed by atoms with Crippen LogP contribution < -0.4 is 11.3 Å². The smallest absolute Gasteiger partial charge is 0.131 e. The molecule has 0 heterocycles. The Morgan fingerprint density at radius 3 is 1.53 bits per heavy atom. The SMILES string of the molecule is NNC(c1ccc(F)cc1F)c1ccc(F)cc1F. The molecule has 0 aromatic heterocycles.